The van der Waals surface area contributed by atoms with Crippen molar-refractivity contribution in [3.05, 3.63) is 54.1 Å². The largest absolute Gasteiger partial charge is 0.361 e. The second-order valence-corrected chi connectivity index (χ2v) is 9.81. The van der Waals surface area contributed by atoms with E-state index >= 15 is 0 Å². The fraction of sp³-hybridized carbons (Fsp3) is 0.500. The standard InChI is InChI=1S/C26H36N8O2/c1-19-24(18-33(31-19)14-13-32-11-4-5-12-32)30-25(35)20-7-6-10-23(15-20)34-17-22(16-27-34)29-26(36)28-21-8-2-3-9-21/h6-7,10,15-18,21,26,28-29,36H,2-5,8-9,11-14H2,1H3,(H,30,35). The van der Waals surface area contributed by atoms with Crippen LogP contribution in [0.3, 0.4) is 0 Å². The highest BCUT2D eigenvalue weighted by Crippen LogP contribution is 2.20. The molecule has 2 aromatic heterocycles. The number of amides is 1. The number of benzene rings is 1. The van der Waals surface area contributed by atoms with Gasteiger partial charge in [0, 0.05) is 24.3 Å². The average molecular weight is 493 g/mol. The van der Waals surface area contributed by atoms with Crippen LogP contribution in [0.25, 0.3) is 5.69 Å². The number of nitrogens with one attached hydrogen (secondary N) is 3. The molecule has 1 aliphatic carbocycles. The van der Waals surface area contributed by atoms with Gasteiger partial charge in [0.1, 0.15) is 0 Å². The maximum Gasteiger partial charge on any atom is 0.255 e. The van der Waals surface area contributed by atoms with Crippen molar-refractivity contribution in [2.24, 2.45) is 0 Å². The summed E-state index contributed by atoms with van der Waals surface area (Å²) in [5.41, 5.74) is 3.51. The van der Waals surface area contributed by atoms with Crippen molar-refractivity contribution in [3.63, 3.8) is 0 Å². The Morgan fingerprint density at radius 2 is 1.94 bits per heavy atom. The molecule has 1 amide bonds. The Bertz CT molecular complexity index is 1160. The van der Waals surface area contributed by atoms with Crippen LogP contribution in [-0.2, 0) is 6.54 Å². The number of carbonyl (C=O) groups is 1. The summed E-state index contributed by atoms with van der Waals surface area (Å²) in [5.74, 6) is -0.194. The van der Waals surface area contributed by atoms with E-state index in [1.54, 1.807) is 29.2 Å². The van der Waals surface area contributed by atoms with E-state index in [2.05, 4.69) is 31.0 Å². The quantitative estimate of drug-likeness (QED) is 0.322. The Kier molecular flexibility index (Phi) is 7.64. The van der Waals surface area contributed by atoms with E-state index in [4.69, 9.17) is 0 Å². The van der Waals surface area contributed by atoms with Crippen molar-refractivity contribution in [1.29, 1.82) is 0 Å². The first-order valence-corrected chi connectivity index (χ1v) is 13.0. The first-order chi connectivity index (χ1) is 17.5. The number of rotatable bonds is 10. The van der Waals surface area contributed by atoms with E-state index in [0.717, 1.165) is 56.1 Å². The van der Waals surface area contributed by atoms with E-state index in [1.165, 1.54) is 25.7 Å². The molecular formula is C26H36N8O2. The molecule has 0 bridgehead atoms. The second-order valence-electron chi connectivity index (χ2n) is 9.81. The van der Waals surface area contributed by atoms with E-state index in [0.29, 0.717) is 17.3 Å². The average Bonchev–Trinajstić information content (AvgIpc) is 3.68. The van der Waals surface area contributed by atoms with Gasteiger partial charge in [-0.25, -0.2) is 4.68 Å². The summed E-state index contributed by atoms with van der Waals surface area (Å²) in [4.78, 5) is 15.5. The summed E-state index contributed by atoms with van der Waals surface area (Å²) < 4.78 is 3.59. The molecule has 0 radical (unpaired) electrons. The smallest absolute Gasteiger partial charge is 0.255 e. The molecule has 192 valence electrons. The van der Waals surface area contributed by atoms with Gasteiger partial charge in [0.2, 0.25) is 0 Å². The number of hydrogen-bond donors (Lipinski definition) is 4. The zero-order valence-electron chi connectivity index (χ0n) is 20.9. The molecule has 0 spiro atoms. The SMILES string of the molecule is Cc1nn(CCN2CCCC2)cc1NC(=O)c1cccc(-n2cc(NC(O)NC3CCCC3)cn2)c1. The van der Waals surface area contributed by atoms with Crippen LogP contribution < -0.4 is 16.0 Å². The lowest BCUT2D eigenvalue weighted by molar-refractivity contribution is 0.102. The molecule has 3 aromatic rings. The zero-order valence-corrected chi connectivity index (χ0v) is 20.9. The van der Waals surface area contributed by atoms with Crippen molar-refractivity contribution in [2.75, 3.05) is 30.3 Å². The lowest BCUT2D eigenvalue weighted by Gasteiger charge is -2.19. The number of nitrogens with zero attached hydrogens (tertiary/aromatic N) is 5. The summed E-state index contributed by atoms with van der Waals surface area (Å²) in [6.45, 7) is 6.02. The van der Waals surface area contributed by atoms with Gasteiger partial charge in [0.25, 0.3) is 5.91 Å². The van der Waals surface area contributed by atoms with Crippen LogP contribution in [0.1, 0.15) is 54.6 Å². The minimum Gasteiger partial charge on any atom is -0.361 e. The summed E-state index contributed by atoms with van der Waals surface area (Å²) in [7, 11) is 0. The predicted octanol–water partition coefficient (Wildman–Crippen LogP) is 2.95. The van der Waals surface area contributed by atoms with Crippen molar-refractivity contribution in [1.82, 2.24) is 29.8 Å². The number of aryl methyl sites for hydroxylation is 1. The number of aliphatic hydroxyl groups excluding tert-OH is 1. The minimum absolute atomic E-state index is 0.194. The van der Waals surface area contributed by atoms with Gasteiger partial charge in [-0.2, -0.15) is 10.2 Å². The fourth-order valence-corrected chi connectivity index (χ4v) is 5.04. The van der Waals surface area contributed by atoms with Crippen LogP contribution in [0.15, 0.2) is 42.9 Å². The Hall–Kier alpha value is -3.21. The molecular weight excluding hydrogens is 456 g/mol. The summed E-state index contributed by atoms with van der Waals surface area (Å²) in [5, 5.41) is 28.5. The van der Waals surface area contributed by atoms with Crippen LogP contribution in [0, 0.1) is 6.92 Å². The Labute approximate surface area is 211 Å². The van der Waals surface area contributed by atoms with E-state index in [-0.39, 0.29) is 5.91 Å². The molecule has 3 heterocycles. The molecule has 1 saturated heterocycles. The molecule has 1 atom stereocenters. The maximum absolute atomic E-state index is 13.0. The van der Waals surface area contributed by atoms with Crippen LogP contribution in [0.2, 0.25) is 0 Å². The van der Waals surface area contributed by atoms with Crippen molar-refractivity contribution in [3.8, 4) is 5.69 Å². The Morgan fingerprint density at radius 1 is 1.14 bits per heavy atom. The lowest BCUT2D eigenvalue weighted by Crippen LogP contribution is -2.41. The van der Waals surface area contributed by atoms with Gasteiger partial charge in [0.15, 0.2) is 6.35 Å². The molecule has 4 N–H and O–H groups in total. The van der Waals surface area contributed by atoms with Gasteiger partial charge in [0.05, 0.1) is 41.7 Å². The summed E-state index contributed by atoms with van der Waals surface area (Å²) >= 11 is 0. The number of likely N-dealkylation sites (tertiary alicyclic amines) is 1. The van der Waals surface area contributed by atoms with Crippen LogP contribution in [0.5, 0.6) is 0 Å². The zero-order chi connectivity index (χ0) is 24.9. The topological polar surface area (TPSA) is 112 Å². The monoisotopic (exact) mass is 492 g/mol. The third-order valence-corrected chi connectivity index (χ3v) is 7.05. The van der Waals surface area contributed by atoms with Crippen LogP contribution in [0.4, 0.5) is 11.4 Å². The summed E-state index contributed by atoms with van der Waals surface area (Å²) in [6, 6.07) is 7.65. The van der Waals surface area contributed by atoms with Gasteiger partial charge in [-0.3, -0.25) is 14.8 Å². The maximum atomic E-state index is 13.0. The molecule has 1 aliphatic heterocycles. The first-order valence-electron chi connectivity index (χ1n) is 13.0. The van der Waals surface area contributed by atoms with Gasteiger partial charge in [-0.05, 0) is 63.9 Å². The number of aliphatic hydroxyl groups is 1. The molecule has 1 unspecified atom stereocenters. The number of aromatic nitrogens is 4. The van der Waals surface area contributed by atoms with E-state index in [1.807, 2.05) is 29.9 Å². The van der Waals surface area contributed by atoms with Crippen LogP contribution >= 0.6 is 0 Å². The van der Waals surface area contributed by atoms with Gasteiger partial charge in [-0.1, -0.05) is 18.9 Å². The Morgan fingerprint density at radius 3 is 2.75 bits per heavy atom. The van der Waals surface area contributed by atoms with Gasteiger partial charge in [-0.15, -0.1) is 0 Å². The first kappa shape index (κ1) is 24.5. The second kappa shape index (κ2) is 11.2. The lowest BCUT2D eigenvalue weighted by atomic mass is 10.2. The Balaban J connectivity index is 1.19. The summed E-state index contributed by atoms with van der Waals surface area (Å²) in [6.07, 6.45) is 11.7. The number of carbonyl (C=O) groups excluding carboxylic acids is 1. The number of hydrogen-bond acceptors (Lipinski definition) is 7. The van der Waals surface area contributed by atoms with E-state index in [9.17, 15) is 9.90 Å². The van der Waals surface area contributed by atoms with Crippen molar-refractivity contribution >= 4 is 17.3 Å². The van der Waals surface area contributed by atoms with Gasteiger partial charge < -0.3 is 20.6 Å². The highest BCUT2D eigenvalue weighted by Gasteiger charge is 2.18. The fourth-order valence-electron chi connectivity index (χ4n) is 5.04. The molecule has 5 rings (SSSR count). The third-order valence-electron chi connectivity index (χ3n) is 7.05. The van der Waals surface area contributed by atoms with Crippen molar-refractivity contribution < 1.29 is 9.90 Å². The third kappa shape index (κ3) is 6.13. The highest BCUT2D eigenvalue weighted by molar-refractivity contribution is 6.04. The predicted molar refractivity (Wildman–Crippen MR) is 139 cm³/mol. The molecule has 10 nitrogen and oxygen atoms in total. The molecule has 36 heavy (non-hydrogen) atoms. The van der Waals surface area contributed by atoms with Gasteiger partial charge >= 0.3 is 0 Å². The molecule has 2 aliphatic rings. The molecule has 1 aromatic carbocycles. The molecule has 10 heteroatoms. The van der Waals surface area contributed by atoms with Crippen LogP contribution in [-0.4, -0.2) is 67.5 Å². The van der Waals surface area contributed by atoms with Crippen molar-refractivity contribution in [2.45, 2.75) is 64.4 Å². The normalized spacial score (nSPS) is 17.5. The number of anilines is 2. The van der Waals surface area contributed by atoms with E-state index < -0.39 is 6.35 Å². The molecule has 1 saturated carbocycles. The highest BCUT2D eigenvalue weighted by atomic mass is 16.3. The minimum atomic E-state index is -0.831. The molecule has 2 fully saturated rings.